The first kappa shape index (κ1) is 11.4. The van der Waals surface area contributed by atoms with Crippen molar-refractivity contribution in [3.05, 3.63) is 0 Å². The molecule has 1 aliphatic rings. The minimum absolute atomic E-state index is 0.468. The molecule has 1 rings (SSSR count). The third-order valence-corrected chi connectivity index (χ3v) is 2.07. The fourth-order valence-electron chi connectivity index (χ4n) is 1.30. The average molecular weight is 216 g/mol. The van der Waals surface area contributed by atoms with E-state index in [0.717, 1.165) is 0 Å². The lowest BCUT2D eigenvalue weighted by atomic mass is 10.0. The summed E-state index contributed by atoms with van der Waals surface area (Å²) in [6.45, 7) is 1.36. The number of carboxylic acids is 1. The fourth-order valence-corrected chi connectivity index (χ4v) is 1.30. The maximum absolute atomic E-state index is 11.3. The summed E-state index contributed by atoms with van der Waals surface area (Å²) in [5.74, 6) is -2.34. The predicted molar refractivity (Wildman–Crippen MR) is 47.8 cm³/mol. The van der Waals surface area contributed by atoms with Gasteiger partial charge in [0.25, 0.3) is 0 Å². The van der Waals surface area contributed by atoms with Gasteiger partial charge in [-0.1, -0.05) is 0 Å². The van der Waals surface area contributed by atoms with Crippen molar-refractivity contribution in [2.75, 3.05) is 0 Å². The lowest BCUT2D eigenvalue weighted by molar-refractivity contribution is -0.144. The van der Waals surface area contributed by atoms with Gasteiger partial charge in [0.2, 0.25) is 11.8 Å². The van der Waals surface area contributed by atoms with E-state index in [2.05, 4.69) is 10.6 Å². The Labute approximate surface area is 85.5 Å². The first-order valence-electron chi connectivity index (χ1n) is 4.42. The molecule has 7 nitrogen and oxygen atoms in total. The number of piperazine rings is 1. The summed E-state index contributed by atoms with van der Waals surface area (Å²) in [6.07, 6.45) is -1.48. The smallest absolute Gasteiger partial charge is 0.305 e. The number of carboxylic acid groups (broad SMARTS) is 1. The molecule has 0 radical (unpaired) electrons. The molecule has 84 valence electrons. The number of hydrogen-bond acceptors (Lipinski definition) is 4. The van der Waals surface area contributed by atoms with Crippen molar-refractivity contribution in [1.29, 1.82) is 0 Å². The van der Waals surface area contributed by atoms with Crippen LogP contribution in [0.2, 0.25) is 0 Å². The van der Waals surface area contributed by atoms with E-state index >= 15 is 0 Å². The van der Waals surface area contributed by atoms with Crippen LogP contribution in [-0.4, -0.2) is 46.2 Å². The van der Waals surface area contributed by atoms with Crippen LogP contribution in [0.25, 0.3) is 0 Å². The summed E-state index contributed by atoms with van der Waals surface area (Å²) in [7, 11) is 0. The van der Waals surface area contributed by atoms with Crippen molar-refractivity contribution in [2.45, 2.75) is 31.5 Å². The largest absolute Gasteiger partial charge is 0.481 e. The van der Waals surface area contributed by atoms with Crippen molar-refractivity contribution in [2.24, 2.45) is 0 Å². The second kappa shape index (κ2) is 4.26. The van der Waals surface area contributed by atoms with Gasteiger partial charge in [0.15, 0.2) is 0 Å². The van der Waals surface area contributed by atoms with E-state index in [1.165, 1.54) is 6.92 Å². The van der Waals surface area contributed by atoms with Gasteiger partial charge in [-0.05, 0) is 6.92 Å². The van der Waals surface area contributed by atoms with Crippen LogP contribution in [0.1, 0.15) is 13.3 Å². The van der Waals surface area contributed by atoms with Gasteiger partial charge >= 0.3 is 5.97 Å². The Morgan fingerprint density at radius 3 is 2.47 bits per heavy atom. The van der Waals surface area contributed by atoms with Crippen LogP contribution in [0.3, 0.4) is 0 Å². The van der Waals surface area contributed by atoms with Crippen LogP contribution >= 0.6 is 0 Å². The number of nitrogens with one attached hydrogen (secondary N) is 2. The lowest BCUT2D eigenvalue weighted by Gasteiger charge is -2.30. The zero-order valence-electron chi connectivity index (χ0n) is 8.06. The topological polar surface area (TPSA) is 116 Å². The van der Waals surface area contributed by atoms with Gasteiger partial charge in [-0.15, -0.1) is 0 Å². The zero-order chi connectivity index (χ0) is 11.6. The highest BCUT2D eigenvalue weighted by Crippen LogP contribution is 2.04. The molecule has 0 aromatic heterocycles. The summed E-state index contributed by atoms with van der Waals surface area (Å²) in [5.41, 5.74) is 0. The molecule has 0 aromatic rings. The van der Waals surface area contributed by atoms with Crippen LogP contribution in [0.5, 0.6) is 0 Å². The van der Waals surface area contributed by atoms with Gasteiger partial charge in [-0.3, -0.25) is 14.4 Å². The third-order valence-electron chi connectivity index (χ3n) is 2.07. The van der Waals surface area contributed by atoms with E-state index in [-0.39, 0.29) is 0 Å². The minimum Gasteiger partial charge on any atom is -0.481 e. The van der Waals surface area contributed by atoms with E-state index < -0.39 is 42.4 Å². The molecule has 3 atom stereocenters. The molecule has 15 heavy (non-hydrogen) atoms. The maximum Gasteiger partial charge on any atom is 0.305 e. The van der Waals surface area contributed by atoms with Crippen LogP contribution in [-0.2, 0) is 14.4 Å². The number of aliphatic carboxylic acids is 1. The number of aliphatic hydroxyl groups is 1. The van der Waals surface area contributed by atoms with Crippen molar-refractivity contribution in [3.63, 3.8) is 0 Å². The first-order valence-corrected chi connectivity index (χ1v) is 4.42. The molecule has 2 amide bonds. The van der Waals surface area contributed by atoms with Gasteiger partial charge in [-0.25, -0.2) is 0 Å². The Kier molecular flexibility index (Phi) is 3.25. The Bertz CT molecular complexity index is 301. The molecule has 0 unspecified atom stereocenters. The molecule has 1 fully saturated rings. The van der Waals surface area contributed by atoms with Crippen LogP contribution < -0.4 is 10.6 Å². The molecule has 0 bridgehead atoms. The molecule has 1 saturated heterocycles. The number of amides is 2. The van der Waals surface area contributed by atoms with Crippen molar-refractivity contribution < 1.29 is 24.6 Å². The number of hydrogen-bond donors (Lipinski definition) is 4. The molecule has 0 spiro atoms. The predicted octanol–water partition coefficient (Wildman–Crippen LogP) is -2.17. The molecule has 1 aliphatic heterocycles. The standard InChI is InChI=1S/C8H12N2O5/c1-3(11)6-8(15)9-4(2-5(12)13)7(14)10-6/h3-4,6,11H,2H2,1H3,(H,9,15)(H,10,14)(H,12,13)/t3-,4-,6-/m0/s1. The van der Waals surface area contributed by atoms with Crippen molar-refractivity contribution in [1.82, 2.24) is 10.6 Å². The summed E-state index contributed by atoms with van der Waals surface area (Å²) in [4.78, 5) is 32.9. The molecular formula is C8H12N2O5. The van der Waals surface area contributed by atoms with Crippen LogP contribution in [0.4, 0.5) is 0 Å². The van der Waals surface area contributed by atoms with Gasteiger partial charge in [0, 0.05) is 0 Å². The first-order chi connectivity index (χ1) is 6.91. The highest BCUT2D eigenvalue weighted by atomic mass is 16.4. The molecule has 4 N–H and O–H groups in total. The van der Waals surface area contributed by atoms with Crippen molar-refractivity contribution >= 4 is 17.8 Å². The second-order valence-corrected chi connectivity index (χ2v) is 3.39. The van der Waals surface area contributed by atoms with Gasteiger partial charge in [0.1, 0.15) is 12.1 Å². The summed E-state index contributed by atoms with van der Waals surface area (Å²) in [6, 6.07) is -2.08. The Morgan fingerprint density at radius 2 is 2.00 bits per heavy atom. The molecule has 7 heteroatoms. The molecule has 0 aliphatic carbocycles. The Hall–Kier alpha value is -1.63. The molecule has 0 aromatic carbocycles. The molecule has 1 heterocycles. The maximum atomic E-state index is 11.3. The van der Waals surface area contributed by atoms with E-state index in [4.69, 9.17) is 10.2 Å². The normalized spacial score (nSPS) is 27.9. The monoisotopic (exact) mass is 216 g/mol. The molecular weight excluding hydrogens is 204 g/mol. The number of carbonyl (C=O) groups excluding carboxylic acids is 2. The lowest BCUT2D eigenvalue weighted by Crippen LogP contribution is -2.64. The zero-order valence-corrected chi connectivity index (χ0v) is 8.06. The highest BCUT2D eigenvalue weighted by molar-refractivity contribution is 5.98. The SMILES string of the molecule is C[C@H](O)[C@@H]1NC(=O)[C@H](CC(=O)O)NC1=O. The number of aliphatic hydroxyl groups excluding tert-OH is 1. The van der Waals surface area contributed by atoms with Gasteiger partial charge in [0.05, 0.1) is 12.5 Å². The van der Waals surface area contributed by atoms with E-state index in [1.807, 2.05) is 0 Å². The Morgan fingerprint density at radius 1 is 1.40 bits per heavy atom. The van der Waals surface area contributed by atoms with Crippen molar-refractivity contribution in [3.8, 4) is 0 Å². The summed E-state index contributed by atoms with van der Waals surface area (Å²) < 4.78 is 0. The van der Waals surface area contributed by atoms with Crippen LogP contribution in [0.15, 0.2) is 0 Å². The minimum atomic E-state index is -1.18. The number of carbonyl (C=O) groups is 3. The van der Waals surface area contributed by atoms with Gasteiger partial charge < -0.3 is 20.8 Å². The molecule has 0 saturated carbocycles. The Balaban J connectivity index is 2.67. The van der Waals surface area contributed by atoms with E-state index in [1.54, 1.807) is 0 Å². The second-order valence-electron chi connectivity index (χ2n) is 3.39. The van der Waals surface area contributed by atoms with Crippen LogP contribution in [0, 0.1) is 0 Å². The quantitative estimate of drug-likeness (QED) is 0.428. The van der Waals surface area contributed by atoms with E-state index in [0.29, 0.717) is 0 Å². The summed E-state index contributed by atoms with van der Waals surface area (Å²) >= 11 is 0. The third kappa shape index (κ3) is 2.66. The van der Waals surface area contributed by atoms with Gasteiger partial charge in [-0.2, -0.15) is 0 Å². The number of rotatable bonds is 3. The summed E-state index contributed by atoms with van der Waals surface area (Å²) in [5, 5.41) is 22.1. The highest BCUT2D eigenvalue weighted by Gasteiger charge is 2.36. The fraction of sp³-hybridized carbons (Fsp3) is 0.625. The van der Waals surface area contributed by atoms with E-state index in [9.17, 15) is 14.4 Å². The average Bonchev–Trinajstić information content (AvgIpc) is 2.09.